The number of nitrogens with zero attached hydrogens (tertiary/aromatic N) is 2. The topological polar surface area (TPSA) is 38.1 Å². The summed E-state index contributed by atoms with van der Waals surface area (Å²) in [5.74, 6) is 0.359. The van der Waals surface area contributed by atoms with Crippen LogP contribution in [0.3, 0.4) is 0 Å². The third kappa shape index (κ3) is 2.18. The number of aryl methyl sites for hydroxylation is 1. The molecule has 90 valence electrons. The highest BCUT2D eigenvalue weighted by Crippen LogP contribution is 2.26. The minimum Gasteiger partial charge on any atom is -0.504 e. The highest BCUT2D eigenvalue weighted by Gasteiger charge is 2.15. The van der Waals surface area contributed by atoms with Crippen LogP contribution in [-0.4, -0.2) is 14.9 Å². The van der Waals surface area contributed by atoms with Crippen molar-refractivity contribution in [3.8, 4) is 11.4 Å². The van der Waals surface area contributed by atoms with Crippen LogP contribution in [0.5, 0.6) is 5.75 Å². The second-order valence-electron chi connectivity index (χ2n) is 4.09. The maximum Gasteiger partial charge on any atom is 0.160 e. The number of aromatic nitrogens is 2. The third-order valence-corrected chi connectivity index (χ3v) is 2.85. The maximum absolute atomic E-state index is 10.1. The largest absolute Gasteiger partial charge is 0.504 e. The summed E-state index contributed by atoms with van der Waals surface area (Å²) in [7, 11) is 0. The highest BCUT2D eigenvalue weighted by atomic mass is 16.3. The summed E-state index contributed by atoms with van der Waals surface area (Å²) in [5.41, 5.74) is 2.69. The molecule has 0 spiro atoms. The molecule has 1 aromatic heterocycles. The van der Waals surface area contributed by atoms with Crippen LogP contribution in [0.25, 0.3) is 5.69 Å². The second-order valence-corrected chi connectivity index (χ2v) is 4.09. The molecular formula is C14H18N2O. The molecule has 3 nitrogen and oxygen atoms in total. The summed E-state index contributed by atoms with van der Waals surface area (Å²) in [6.07, 6.45) is 2.59. The van der Waals surface area contributed by atoms with Crippen molar-refractivity contribution in [2.45, 2.75) is 33.1 Å². The molecule has 0 fully saturated rings. The van der Waals surface area contributed by atoms with Gasteiger partial charge in [0.05, 0.1) is 11.4 Å². The van der Waals surface area contributed by atoms with E-state index < -0.39 is 0 Å². The highest BCUT2D eigenvalue weighted by molar-refractivity contribution is 5.40. The zero-order valence-corrected chi connectivity index (χ0v) is 10.3. The van der Waals surface area contributed by atoms with Crippen LogP contribution in [0, 0.1) is 0 Å². The molecule has 1 heterocycles. The molecule has 0 radical (unpaired) electrons. The summed E-state index contributed by atoms with van der Waals surface area (Å²) in [5, 5.41) is 14.6. The first kappa shape index (κ1) is 11.7. The summed E-state index contributed by atoms with van der Waals surface area (Å²) < 4.78 is 1.86. The zero-order chi connectivity index (χ0) is 12.3. The van der Waals surface area contributed by atoms with Crippen molar-refractivity contribution in [2.75, 3.05) is 0 Å². The van der Waals surface area contributed by atoms with Crippen LogP contribution in [0.15, 0.2) is 30.3 Å². The average molecular weight is 230 g/mol. The van der Waals surface area contributed by atoms with Gasteiger partial charge >= 0.3 is 0 Å². The van der Waals surface area contributed by atoms with Crippen LogP contribution in [0.2, 0.25) is 0 Å². The molecule has 1 aromatic carbocycles. The Bertz CT molecular complexity index is 488. The van der Waals surface area contributed by atoms with E-state index in [0.29, 0.717) is 5.75 Å². The van der Waals surface area contributed by atoms with E-state index in [4.69, 9.17) is 0 Å². The third-order valence-electron chi connectivity index (χ3n) is 2.85. The normalized spacial score (nSPS) is 10.7. The van der Waals surface area contributed by atoms with E-state index in [9.17, 15) is 5.11 Å². The van der Waals surface area contributed by atoms with Crippen molar-refractivity contribution in [1.29, 1.82) is 0 Å². The van der Waals surface area contributed by atoms with Gasteiger partial charge in [-0.15, -0.1) is 0 Å². The molecular weight excluding hydrogens is 212 g/mol. The summed E-state index contributed by atoms with van der Waals surface area (Å²) >= 11 is 0. The van der Waals surface area contributed by atoms with Crippen LogP contribution in [-0.2, 0) is 12.8 Å². The van der Waals surface area contributed by atoms with Gasteiger partial charge in [0.1, 0.15) is 5.69 Å². The Hall–Kier alpha value is -1.77. The zero-order valence-electron chi connectivity index (χ0n) is 10.3. The van der Waals surface area contributed by atoms with Gasteiger partial charge in [-0.25, -0.2) is 4.68 Å². The fraction of sp³-hybridized carbons (Fsp3) is 0.357. The Morgan fingerprint density at radius 3 is 2.47 bits per heavy atom. The van der Waals surface area contributed by atoms with Crippen LogP contribution >= 0.6 is 0 Å². The van der Waals surface area contributed by atoms with Gasteiger partial charge in [0.25, 0.3) is 0 Å². The lowest BCUT2D eigenvalue weighted by Crippen LogP contribution is -2.02. The molecule has 0 aliphatic rings. The molecule has 0 bridgehead atoms. The van der Waals surface area contributed by atoms with E-state index in [2.05, 4.69) is 12.0 Å². The number of rotatable bonds is 4. The summed E-state index contributed by atoms with van der Waals surface area (Å²) in [6.45, 7) is 4.11. The Kier molecular flexibility index (Phi) is 3.47. The molecule has 2 rings (SSSR count). The number of para-hydroxylation sites is 1. The van der Waals surface area contributed by atoms with Crippen LogP contribution < -0.4 is 0 Å². The van der Waals surface area contributed by atoms with E-state index in [-0.39, 0.29) is 0 Å². The second kappa shape index (κ2) is 5.04. The van der Waals surface area contributed by atoms with Gasteiger partial charge in [0.2, 0.25) is 0 Å². The summed E-state index contributed by atoms with van der Waals surface area (Å²) in [6, 6.07) is 9.95. The van der Waals surface area contributed by atoms with Crippen molar-refractivity contribution in [3.05, 3.63) is 41.7 Å². The molecule has 0 aliphatic carbocycles. The van der Waals surface area contributed by atoms with E-state index in [0.717, 1.165) is 36.3 Å². The van der Waals surface area contributed by atoms with E-state index in [1.807, 2.05) is 41.9 Å². The Labute approximate surface area is 102 Å². The maximum atomic E-state index is 10.1. The van der Waals surface area contributed by atoms with Gasteiger partial charge < -0.3 is 5.11 Å². The molecule has 0 unspecified atom stereocenters. The lowest BCUT2D eigenvalue weighted by Gasteiger charge is -2.06. The predicted molar refractivity (Wildman–Crippen MR) is 68.6 cm³/mol. The first-order valence-corrected chi connectivity index (χ1v) is 6.13. The minimum atomic E-state index is 0.359. The van der Waals surface area contributed by atoms with Gasteiger partial charge in [-0.05, 0) is 25.0 Å². The Morgan fingerprint density at radius 1 is 1.18 bits per heavy atom. The molecule has 0 aliphatic heterocycles. The van der Waals surface area contributed by atoms with Gasteiger partial charge in [-0.2, -0.15) is 5.10 Å². The first-order valence-electron chi connectivity index (χ1n) is 6.13. The lowest BCUT2D eigenvalue weighted by molar-refractivity contribution is 0.460. The van der Waals surface area contributed by atoms with Gasteiger partial charge in [-0.3, -0.25) is 0 Å². The van der Waals surface area contributed by atoms with E-state index in [1.165, 1.54) is 0 Å². The van der Waals surface area contributed by atoms with Gasteiger partial charge in [-0.1, -0.05) is 38.5 Å². The van der Waals surface area contributed by atoms with E-state index in [1.54, 1.807) is 0 Å². The Balaban J connectivity index is 2.53. The molecule has 1 N–H and O–H groups in total. The molecule has 0 saturated carbocycles. The lowest BCUT2D eigenvalue weighted by atomic mass is 10.2. The van der Waals surface area contributed by atoms with Crippen molar-refractivity contribution < 1.29 is 5.11 Å². The molecule has 2 aromatic rings. The number of aromatic hydroxyl groups is 1. The summed E-state index contributed by atoms with van der Waals surface area (Å²) in [4.78, 5) is 0. The van der Waals surface area contributed by atoms with Gasteiger partial charge in [0.15, 0.2) is 5.75 Å². The van der Waals surface area contributed by atoms with E-state index >= 15 is 0 Å². The van der Waals surface area contributed by atoms with Crippen molar-refractivity contribution in [2.24, 2.45) is 0 Å². The predicted octanol–water partition coefficient (Wildman–Crippen LogP) is 3.09. The van der Waals surface area contributed by atoms with Crippen molar-refractivity contribution in [1.82, 2.24) is 9.78 Å². The fourth-order valence-corrected chi connectivity index (χ4v) is 1.98. The SMILES string of the molecule is CCCc1c(O)c(CC)nn1-c1ccccc1. The number of hydrogen-bond donors (Lipinski definition) is 1. The molecule has 0 amide bonds. The van der Waals surface area contributed by atoms with Crippen molar-refractivity contribution in [3.63, 3.8) is 0 Å². The molecule has 17 heavy (non-hydrogen) atoms. The smallest absolute Gasteiger partial charge is 0.160 e. The molecule has 0 saturated heterocycles. The number of hydrogen-bond acceptors (Lipinski definition) is 2. The molecule has 0 atom stereocenters. The Morgan fingerprint density at radius 2 is 1.88 bits per heavy atom. The van der Waals surface area contributed by atoms with Crippen LogP contribution in [0.4, 0.5) is 0 Å². The van der Waals surface area contributed by atoms with Crippen LogP contribution in [0.1, 0.15) is 31.7 Å². The van der Waals surface area contributed by atoms with Gasteiger partial charge in [0, 0.05) is 0 Å². The monoisotopic (exact) mass is 230 g/mol. The standard InChI is InChI=1S/C14H18N2O/c1-3-8-13-14(17)12(4-2)15-16(13)11-9-6-5-7-10-11/h5-7,9-10,17H,3-4,8H2,1-2H3. The molecule has 3 heteroatoms. The average Bonchev–Trinajstić information content (AvgIpc) is 2.69. The first-order chi connectivity index (χ1) is 8.27. The minimum absolute atomic E-state index is 0.359. The fourth-order valence-electron chi connectivity index (χ4n) is 1.98. The quantitative estimate of drug-likeness (QED) is 0.876. The number of benzene rings is 1. The van der Waals surface area contributed by atoms with Crippen molar-refractivity contribution >= 4 is 0 Å².